The summed E-state index contributed by atoms with van der Waals surface area (Å²) in [6.45, 7) is 0.537. The van der Waals surface area contributed by atoms with Crippen LogP contribution >= 0.6 is 0 Å². The average Bonchev–Trinajstić information content (AvgIpc) is 2.90. The average molecular weight is 235 g/mol. The minimum atomic E-state index is -0.354. The third kappa shape index (κ3) is 3.05. The Balaban J connectivity index is 1.97. The molecule has 2 rings (SSSR count). The number of rotatable bonds is 4. The molecule has 0 spiro atoms. The molecule has 0 saturated carbocycles. The molecule has 0 aliphatic carbocycles. The van der Waals surface area contributed by atoms with Crippen LogP contribution in [0.25, 0.3) is 0 Å². The number of benzene rings is 1. The van der Waals surface area contributed by atoms with Crippen LogP contribution in [-0.2, 0) is 9.53 Å². The van der Waals surface area contributed by atoms with Crippen LogP contribution in [0.4, 0.5) is 0 Å². The van der Waals surface area contributed by atoms with E-state index in [1.54, 1.807) is 0 Å². The summed E-state index contributed by atoms with van der Waals surface area (Å²) in [5, 5.41) is 12.1. The summed E-state index contributed by atoms with van der Waals surface area (Å²) in [6.07, 6.45) is 1.33. The van der Waals surface area contributed by atoms with Gasteiger partial charge >= 0.3 is 0 Å². The van der Waals surface area contributed by atoms with Gasteiger partial charge in [0.1, 0.15) is 6.10 Å². The van der Waals surface area contributed by atoms with Gasteiger partial charge < -0.3 is 15.2 Å². The van der Waals surface area contributed by atoms with Crippen molar-refractivity contribution in [2.45, 2.75) is 25.0 Å². The van der Waals surface area contributed by atoms with Crippen LogP contribution in [0.2, 0.25) is 0 Å². The zero-order valence-electron chi connectivity index (χ0n) is 9.63. The molecule has 4 heteroatoms. The smallest absolute Gasteiger partial charge is 0.249 e. The maximum atomic E-state index is 11.8. The van der Waals surface area contributed by atoms with Gasteiger partial charge in [-0.1, -0.05) is 30.3 Å². The van der Waals surface area contributed by atoms with Crippen molar-refractivity contribution in [3.05, 3.63) is 35.9 Å². The zero-order chi connectivity index (χ0) is 12.1. The fourth-order valence-electron chi connectivity index (χ4n) is 1.97. The number of carbonyl (C=O) groups excluding carboxylic acids is 1. The topological polar surface area (TPSA) is 58.6 Å². The lowest BCUT2D eigenvalue weighted by atomic mass is 10.1. The van der Waals surface area contributed by atoms with Gasteiger partial charge in [-0.15, -0.1) is 0 Å². The Bertz CT molecular complexity index is 360. The van der Waals surface area contributed by atoms with Gasteiger partial charge in [-0.2, -0.15) is 0 Å². The molecule has 17 heavy (non-hydrogen) atoms. The third-order valence-electron chi connectivity index (χ3n) is 2.92. The fraction of sp³-hybridized carbons (Fsp3) is 0.462. The van der Waals surface area contributed by atoms with Crippen molar-refractivity contribution in [2.75, 3.05) is 13.2 Å². The molecule has 0 aromatic heterocycles. The van der Waals surface area contributed by atoms with E-state index < -0.39 is 0 Å². The molecule has 1 aliphatic heterocycles. The Morgan fingerprint density at radius 3 is 2.82 bits per heavy atom. The standard InChI is InChI=1S/C13H17NO3/c15-9-11(10-5-2-1-3-6-10)14-13(16)12-7-4-8-17-12/h1-3,5-6,11-12,15H,4,7-9H2,(H,14,16)/t11-,12+/m1/s1. The summed E-state index contributed by atoms with van der Waals surface area (Å²) >= 11 is 0. The highest BCUT2D eigenvalue weighted by Crippen LogP contribution is 2.16. The lowest BCUT2D eigenvalue weighted by Crippen LogP contribution is -2.38. The molecule has 92 valence electrons. The molecule has 1 aliphatic rings. The SMILES string of the molecule is O=C(N[C@H](CO)c1ccccc1)[C@@H]1CCCO1. The van der Waals surface area contributed by atoms with Crippen LogP contribution < -0.4 is 5.32 Å². The highest BCUT2D eigenvalue weighted by Gasteiger charge is 2.25. The van der Waals surface area contributed by atoms with Gasteiger partial charge in [-0.05, 0) is 18.4 Å². The van der Waals surface area contributed by atoms with E-state index in [4.69, 9.17) is 4.74 Å². The van der Waals surface area contributed by atoms with Gasteiger partial charge in [0.15, 0.2) is 0 Å². The minimum Gasteiger partial charge on any atom is -0.394 e. The highest BCUT2D eigenvalue weighted by molar-refractivity contribution is 5.81. The van der Waals surface area contributed by atoms with Crippen LogP contribution in [-0.4, -0.2) is 30.3 Å². The van der Waals surface area contributed by atoms with Gasteiger partial charge in [0.25, 0.3) is 0 Å². The van der Waals surface area contributed by atoms with E-state index >= 15 is 0 Å². The summed E-state index contributed by atoms with van der Waals surface area (Å²) in [6, 6.07) is 9.09. The van der Waals surface area contributed by atoms with Crippen molar-refractivity contribution in [3.8, 4) is 0 Å². The summed E-state index contributed by atoms with van der Waals surface area (Å²) in [5.41, 5.74) is 0.904. The number of aliphatic hydroxyl groups is 1. The lowest BCUT2D eigenvalue weighted by Gasteiger charge is -2.19. The predicted molar refractivity (Wildman–Crippen MR) is 63.4 cm³/mol. The quantitative estimate of drug-likeness (QED) is 0.819. The van der Waals surface area contributed by atoms with Gasteiger partial charge in [-0.3, -0.25) is 4.79 Å². The van der Waals surface area contributed by atoms with E-state index in [1.165, 1.54) is 0 Å². The summed E-state index contributed by atoms with van der Waals surface area (Å²) < 4.78 is 5.30. The second kappa shape index (κ2) is 5.80. The Morgan fingerprint density at radius 2 is 2.24 bits per heavy atom. The number of nitrogens with one attached hydrogen (secondary N) is 1. The molecule has 1 aromatic rings. The second-order valence-corrected chi connectivity index (χ2v) is 4.16. The van der Waals surface area contributed by atoms with Crippen LogP contribution in [0.15, 0.2) is 30.3 Å². The van der Waals surface area contributed by atoms with E-state index in [1.807, 2.05) is 30.3 Å². The maximum Gasteiger partial charge on any atom is 0.249 e. The van der Waals surface area contributed by atoms with E-state index in [2.05, 4.69) is 5.32 Å². The molecule has 1 amide bonds. The molecule has 2 N–H and O–H groups in total. The van der Waals surface area contributed by atoms with Crippen LogP contribution in [0, 0.1) is 0 Å². The molecule has 2 atom stereocenters. The summed E-state index contributed by atoms with van der Waals surface area (Å²) in [4.78, 5) is 11.8. The van der Waals surface area contributed by atoms with E-state index in [9.17, 15) is 9.90 Å². The third-order valence-corrected chi connectivity index (χ3v) is 2.92. The van der Waals surface area contributed by atoms with E-state index in [-0.39, 0.29) is 24.7 Å². The Hall–Kier alpha value is -1.39. The Morgan fingerprint density at radius 1 is 1.47 bits per heavy atom. The largest absolute Gasteiger partial charge is 0.394 e. The summed E-state index contributed by atoms with van der Waals surface area (Å²) in [7, 11) is 0. The number of hydrogen-bond donors (Lipinski definition) is 2. The van der Waals surface area contributed by atoms with Crippen molar-refractivity contribution < 1.29 is 14.6 Å². The molecular formula is C13H17NO3. The van der Waals surface area contributed by atoms with Crippen molar-refractivity contribution in [1.82, 2.24) is 5.32 Å². The first-order chi connectivity index (χ1) is 8.31. The number of amides is 1. The van der Waals surface area contributed by atoms with E-state index in [0.29, 0.717) is 6.61 Å². The first-order valence-electron chi connectivity index (χ1n) is 5.89. The number of hydrogen-bond acceptors (Lipinski definition) is 3. The molecule has 0 unspecified atom stereocenters. The maximum absolute atomic E-state index is 11.8. The van der Waals surface area contributed by atoms with Crippen molar-refractivity contribution >= 4 is 5.91 Å². The molecule has 1 saturated heterocycles. The molecule has 0 bridgehead atoms. The molecule has 1 aromatic carbocycles. The van der Waals surface area contributed by atoms with E-state index in [0.717, 1.165) is 18.4 Å². The van der Waals surface area contributed by atoms with Gasteiger partial charge in [0, 0.05) is 6.61 Å². The number of ether oxygens (including phenoxy) is 1. The van der Waals surface area contributed by atoms with Gasteiger partial charge in [0.05, 0.1) is 12.6 Å². The molecular weight excluding hydrogens is 218 g/mol. The Kier molecular flexibility index (Phi) is 4.12. The zero-order valence-corrected chi connectivity index (χ0v) is 9.63. The normalized spacial score (nSPS) is 21.1. The van der Waals surface area contributed by atoms with Crippen molar-refractivity contribution in [3.63, 3.8) is 0 Å². The molecule has 1 heterocycles. The number of aliphatic hydroxyl groups excluding tert-OH is 1. The monoisotopic (exact) mass is 235 g/mol. The van der Waals surface area contributed by atoms with Crippen molar-refractivity contribution in [2.24, 2.45) is 0 Å². The van der Waals surface area contributed by atoms with Gasteiger partial charge in [0.2, 0.25) is 5.91 Å². The predicted octanol–water partition coefficient (Wildman–Crippen LogP) is 1.02. The first-order valence-corrected chi connectivity index (χ1v) is 5.89. The molecule has 4 nitrogen and oxygen atoms in total. The van der Waals surface area contributed by atoms with Gasteiger partial charge in [-0.25, -0.2) is 0 Å². The molecule has 1 fully saturated rings. The van der Waals surface area contributed by atoms with Crippen molar-refractivity contribution in [1.29, 1.82) is 0 Å². The number of carbonyl (C=O) groups is 1. The minimum absolute atomic E-state index is 0.109. The lowest BCUT2D eigenvalue weighted by molar-refractivity contribution is -0.131. The second-order valence-electron chi connectivity index (χ2n) is 4.16. The summed E-state index contributed by atoms with van der Waals surface area (Å²) in [5.74, 6) is -0.134. The van der Waals surface area contributed by atoms with Crippen LogP contribution in [0.1, 0.15) is 24.4 Å². The molecule has 0 radical (unpaired) electrons. The first kappa shape index (κ1) is 12.1. The fourth-order valence-corrected chi connectivity index (χ4v) is 1.97. The van der Waals surface area contributed by atoms with Crippen LogP contribution in [0.5, 0.6) is 0 Å². The van der Waals surface area contributed by atoms with Crippen LogP contribution in [0.3, 0.4) is 0 Å². The highest BCUT2D eigenvalue weighted by atomic mass is 16.5. The Labute approximate surface area is 101 Å².